The third-order valence-electron chi connectivity index (χ3n) is 3.78. The Morgan fingerprint density at radius 3 is 2.89 bits per heavy atom. The predicted octanol–water partition coefficient (Wildman–Crippen LogP) is 3.69. The van der Waals surface area contributed by atoms with Crippen LogP contribution in [0.4, 0.5) is 0 Å². The van der Waals surface area contributed by atoms with E-state index in [0.29, 0.717) is 0 Å². The molecule has 1 saturated carbocycles. The van der Waals surface area contributed by atoms with Gasteiger partial charge in [-0.15, -0.1) is 0 Å². The molecule has 18 heavy (non-hydrogen) atoms. The van der Waals surface area contributed by atoms with Crippen LogP contribution in [-0.4, -0.2) is 10.6 Å². The van der Waals surface area contributed by atoms with Gasteiger partial charge in [0.25, 0.3) is 0 Å². The number of unbranched alkanes of at least 4 members (excludes halogenated alkanes) is 1. The lowest BCUT2D eigenvalue weighted by Gasteiger charge is -2.02. The second kappa shape index (κ2) is 5.15. The number of para-hydroxylation sites is 1. The zero-order valence-corrected chi connectivity index (χ0v) is 11.2. The molecule has 1 N–H and O–H groups in total. The van der Waals surface area contributed by atoms with Crippen LogP contribution in [0.5, 0.6) is 0 Å². The normalized spacial score (nSPS) is 15.4. The van der Waals surface area contributed by atoms with E-state index in [9.17, 15) is 0 Å². The molecular weight excluding hydrogens is 220 g/mol. The quantitative estimate of drug-likeness (QED) is 0.817. The number of nitrogens with one attached hydrogen (secondary N) is 1. The number of aromatic nitrogens is 1. The summed E-state index contributed by atoms with van der Waals surface area (Å²) in [4.78, 5) is 0. The highest BCUT2D eigenvalue weighted by Gasteiger charge is 2.20. The first-order chi connectivity index (χ1) is 8.88. The van der Waals surface area contributed by atoms with Gasteiger partial charge in [0.2, 0.25) is 0 Å². The minimum atomic E-state index is 0.780. The lowest BCUT2D eigenvalue weighted by atomic mass is 10.2. The van der Waals surface area contributed by atoms with Gasteiger partial charge in [-0.05, 0) is 30.9 Å². The average molecular weight is 242 g/mol. The Morgan fingerprint density at radius 1 is 1.28 bits per heavy atom. The Bertz CT molecular complexity index is 523. The van der Waals surface area contributed by atoms with Crippen LogP contribution < -0.4 is 5.32 Å². The summed E-state index contributed by atoms with van der Waals surface area (Å²) in [5.74, 6) is 0. The standard InChI is InChI=1S/C16H22N2/c1-2-3-10-18-12-13(11-17-14-8-9-14)15-6-4-5-7-16(15)18/h4-7,12,14,17H,2-3,8-11H2,1H3. The number of aryl methyl sites for hydroxylation is 1. The number of fused-ring (bicyclic) bond motifs is 1. The molecule has 1 heterocycles. The maximum atomic E-state index is 3.62. The minimum Gasteiger partial charge on any atom is -0.347 e. The van der Waals surface area contributed by atoms with E-state index >= 15 is 0 Å². The van der Waals surface area contributed by atoms with Crippen molar-refractivity contribution in [3.05, 3.63) is 36.0 Å². The first-order valence-electron chi connectivity index (χ1n) is 7.18. The maximum Gasteiger partial charge on any atom is 0.0483 e. The van der Waals surface area contributed by atoms with Crippen molar-refractivity contribution in [1.29, 1.82) is 0 Å². The molecule has 0 spiro atoms. The van der Waals surface area contributed by atoms with Crippen molar-refractivity contribution in [3.8, 4) is 0 Å². The molecule has 3 rings (SSSR count). The fourth-order valence-electron chi connectivity index (χ4n) is 2.52. The Labute approximate surface area is 109 Å². The topological polar surface area (TPSA) is 17.0 Å². The second-order valence-corrected chi connectivity index (χ2v) is 5.37. The van der Waals surface area contributed by atoms with Gasteiger partial charge in [-0.25, -0.2) is 0 Å². The second-order valence-electron chi connectivity index (χ2n) is 5.37. The SMILES string of the molecule is CCCCn1cc(CNC2CC2)c2ccccc21. The van der Waals surface area contributed by atoms with Crippen molar-refractivity contribution in [2.24, 2.45) is 0 Å². The zero-order valence-electron chi connectivity index (χ0n) is 11.2. The van der Waals surface area contributed by atoms with E-state index < -0.39 is 0 Å². The summed E-state index contributed by atoms with van der Waals surface area (Å²) in [5.41, 5.74) is 2.84. The molecule has 0 atom stereocenters. The number of benzene rings is 1. The van der Waals surface area contributed by atoms with Gasteiger partial charge < -0.3 is 9.88 Å². The highest BCUT2D eigenvalue weighted by atomic mass is 15.0. The van der Waals surface area contributed by atoms with E-state index in [-0.39, 0.29) is 0 Å². The molecule has 0 bridgehead atoms. The Hall–Kier alpha value is -1.28. The monoisotopic (exact) mass is 242 g/mol. The van der Waals surface area contributed by atoms with Crippen molar-refractivity contribution in [1.82, 2.24) is 9.88 Å². The highest BCUT2D eigenvalue weighted by molar-refractivity contribution is 5.83. The molecule has 1 aromatic heterocycles. The fourth-order valence-corrected chi connectivity index (χ4v) is 2.52. The molecule has 1 aliphatic rings. The largest absolute Gasteiger partial charge is 0.347 e. The van der Waals surface area contributed by atoms with E-state index in [1.165, 1.54) is 42.1 Å². The third-order valence-corrected chi connectivity index (χ3v) is 3.78. The summed E-state index contributed by atoms with van der Waals surface area (Å²) in [7, 11) is 0. The molecule has 96 valence electrons. The van der Waals surface area contributed by atoms with Crippen LogP contribution in [0.15, 0.2) is 30.5 Å². The van der Waals surface area contributed by atoms with Crippen molar-refractivity contribution >= 4 is 10.9 Å². The number of nitrogens with zero attached hydrogens (tertiary/aromatic N) is 1. The summed E-state index contributed by atoms with van der Waals surface area (Å²) >= 11 is 0. The van der Waals surface area contributed by atoms with Crippen LogP contribution in [0.3, 0.4) is 0 Å². The minimum absolute atomic E-state index is 0.780. The van der Waals surface area contributed by atoms with Crippen LogP contribution >= 0.6 is 0 Å². The van der Waals surface area contributed by atoms with Crippen LogP contribution in [0.25, 0.3) is 10.9 Å². The molecule has 0 radical (unpaired) electrons. The predicted molar refractivity (Wildman–Crippen MR) is 76.7 cm³/mol. The van der Waals surface area contributed by atoms with Crippen molar-refractivity contribution < 1.29 is 0 Å². The van der Waals surface area contributed by atoms with Crippen LogP contribution in [0, 0.1) is 0 Å². The van der Waals surface area contributed by atoms with Crippen LogP contribution in [0.1, 0.15) is 38.2 Å². The van der Waals surface area contributed by atoms with E-state index in [2.05, 4.69) is 47.3 Å². The number of hydrogen-bond donors (Lipinski definition) is 1. The molecular formula is C16H22N2. The van der Waals surface area contributed by atoms with E-state index in [0.717, 1.165) is 19.1 Å². The molecule has 2 nitrogen and oxygen atoms in total. The van der Waals surface area contributed by atoms with E-state index in [1.807, 2.05) is 0 Å². The zero-order chi connectivity index (χ0) is 12.4. The number of rotatable bonds is 6. The van der Waals surface area contributed by atoms with Gasteiger partial charge >= 0.3 is 0 Å². The molecule has 1 fully saturated rings. The van der Waals surface area contributed by atoms with Gasteiger partial charge in [0, 0.05) is 36.2 Å². The first kappa shape index (κ1) is 11.8. The highest BCUT2D eigenvalue weighted by Crippen LogP contribution is 2.24. The lowest BCUT2D eigenvalue weighted by Crippen LogP contribution is -2.14. The molecule has 1 aromatic carbocycles. The summed E-state index contributed by atoms with van der Waals surface area (Å²) in [5, 5.41) is 5.04. The van der Waals surface area contributed by atoms with Crippen LogP contribution in [0.2, 0.25) is 0 Å². The smallest absolute Gasteiger partial charge is 0.0483 e. The van der Waals surface area contributed by atoms with Gasteiger partial charge in [-0.2, -0.15) is 0 Å². The molecule has 0 unspecified atom stereocenters. The fraction of sp³-hybridized carbons (Fsp3) is 0.500. The average Bonchev–Trinajstić information content (AvgIpc) is 3.17. The van der Waals surface area contributed by atoms with Crippen molar-refractivity contribution in [2.75, 3.05) is 0 Å². The van der Waals surface area contributed by atoms with Gasteiger partial charge in [-0.3, -0.25) is 0 Å². The Morgan fingerprint density at radius 2 is 2.11 bits per heavy atom. The Balaban J connectivity index is 1.86. The molecule has 2 heteroatoms. The third kappa shape index (κ3) is 2.44. The van der Waals surface area contributed by atoms with Crippen molar-refractivity contribution in [2.45, 2.75) is 51.7 Å². The summed E-state index contributed by atoms with van der Waals surface area (Å²) in [6, 6.07) is 9.56. The first-order valence-corrected chi connectivity index (χ1v) is 7.18. The summed E-state index contributed by atoms with van der Waals surface area (Å²) in [6.45, 7) is 4.41. The van der Waals surface area contributed by atoms with E-state index in [4.69, 9.17) is 0 Å². The van der Waals surface area contributed by atoms with Gasteiger partial charge in [0.1, 0.15) is 0 Å². The molecule has 0 saturated heterocycles. The molecule has 2 aromatic rings. The van der Waals surface area contributed by atoms with Gasteiger partial charge in [0.15, 0.2) is 0 Å². The van der Waals surface area contributed by atoms with E-state index in [1.54, 1.807) is 0 Å². The number of hydrogen-bond acceptors (Lipinski definition) is 1. The maximum absolute atomic E-state index is 3.62. The summed E-state index contributed by atoms with van der Waals surface area (Å²) < 4.78 is 2.42. The van der Waals surface area contributed by atoms with Crippen LogP contribution in [-0.2, 0) is 13.1 Å². The summed E-state index contributed by atoms with van der Waals surface area (Å²) in [6.07, 6.45) is 7.56. The van der Waals surface area contributed by atoms with Gasteiger partial charge in [0.05, 0.1) is 0 Å². The molecule has 1 aliphatic carbocycles. The molecule has 0 amide bonds. The molecule has 0 aliphatic heterocycles. The van der Waals surface area contributed by atoms with Crippen molar-refractivity contribution in [3.63, 3.8) is 0 Å². The Kier molecular flexibility index (Phi) is 3.37. The lowest BCUT2D eigenvalue weighted by molar-refractivity contribution is 0.642. The van der Waals surface area contributed by atoms with Gasteiger partial charge in [-0.1, -0.05) is 31.5 Å².